The standard InChI is InChI=1S/C40H50F4N2O5.C21H26FNO3.C18H25F3N2O3.2H2S/c1-9-51-37(49)18-29(31-16-30(15-26(6)39(31)41)38-25(5)10-11-35(50-8)27(38)7)17-34(47)33(14-23(2)3)46-22-28(12-13-45-20-24(4)21-45)32(19-36(46)48)40(42,43)44;1-6-26-19(24)11-17(23)16-10-15(9-13(3)21(16)22)20-12(2)7-8-18(25-5)14(20)4;1-11(2)6-15(17(25)26)23-10-13(4-5-22-8-12(3)9-22)14(7-16(23)24)18(19,20)21;;/h10-11,15-16,19,22-24,29,33H,9,12-14,17-18,20-21H2,1-8H3;7-10,17H,6,11,23H2,1-5H3;7,10-12,15H,4-6,8-9H2,1-3H3,(H,25,26);2*1H2/t29-,33?;17-;;;/m00.../s1. The summed E-state index contributed by atoms with van der Waals surface area (Å²) in [5, 5.41) is 9.42. The summed E-state index contributed by atoms with van der Waals surface area (Å²) in [6.07, 6.45) is -7.35. The first-order chi connectivity index (χ1) is 48.2. The minimum atomic E-state index is -4.75. The van der Waals surface area contributed by atoms with Gasteiger partial charge >= 0.3 is 30.3 Å². The highest BCUT2D eigenvalue weighted by molar-refractivity contribution is 7.59. The van der Waals surface area contributed by atoms with Crippen molar-refractivity contribution < 1.29 is 78.4 Å². The topological polar surface area (TPSA) is 202 Å². The van der Waals surface area contributed by atoms with Gasteiger partial charge in [0, 0.05) is 87.7 Å². The monoisotopic (exact) mass is 1520 g/mol. The number of nitrogens with two attached hydrogens (primary N) is 1. The first-order valence-corrected chi connectivity index (χ1v) is 35.0. The summed E-state index contributed by atoms with van der Waals surface area (Å²) < 4.78 is 136. The molecule has 2 aliphatic rings. The molecular weight excluding hydrogens is 1410 g/mol. The van der Waals surface area contributed by atoms with Crippen LogP contribution < -0.4 is 26.3 Å². The highest BCUT2D eigenvalue weighted by Crippen LogP contribution is 2.41. The van der Waals surface area contributed by atoms with Crippen LogP contribution in [0.2, 0.25) is 0 Å². The van der Waals surface area contributed by atoms with Crippen molar-refractivity contribution in [3.05, 3.63) is 172 Å². The first-order valence-electron chi connectivity index (χ1n) is 35.0. The van der Waals surface area contributed by atoms with E-state index in [1.165, 1.54) is 6.20 Å². The number of carboxylic acid groups (broad SMARTS) is 1. The molecule has 580 valence electrons. The fraction of sp³-hybridized carbons (Fsp3) is 0.519. The van der Waals surface area contributed by atoms with Crippen molar-refractivity contribution in [2.24, 2.45) is 29.4 Å². The Morgan fingerprint density at radius 2 is 0.943 bits per heavy atom. The molecule has 16 nitrogen and oxygen atoms in total. The van der Waals surface area contributed by atoms with Gasteiger partial charge in [0.15, 0.2) is 5.78 Å². The molecule has 2 fully saturated rings. The quantitative estimate of drug-likeness (QED) is 0.0347. The lowest BCUT2D eigenvalue weighted by Crippen LogP contribution is -2.46. The van der Waals surface area contributed by atoms with Crippen LogP contribution >= 0.6 is 27.0 Å². The van der Waals surface area contributed by atoms with E-state index in [1.54, 1.807) is 80.0 Å². The number of ketones is 1. The Bertz CT molecular complexity index is 4110. The molecule has 4 heterocycles. The summed E-state index contributed by atoms with van der Waals surface area (Å²) in [7, 11) is 3.19. The summed E-state index contributed by atoms with van der Waals surface area (Å²) in [5.74, 6) is -2.42. The molecule has 8 rings (SSSR count). The zero-order chi connectivity index (χ0) is 76.9. The van der Waals surface area contributed by atoms with Gasteiger partial charge in [0.1, 0.15) is 29.2 Å². The molecule has 4 aromatic carbocycles. The van der Waals surface area contributed by atoms with Crippen molar-refractivity contribution in [1.29, 1.82) is 0 Å². The second kappa shape index (κ2) is 39.4. The number of pyridine rings is 2. The van der Waals surface area contributed by atoms with E-state index in [1.807, 2.05) is 70.7 Å². The second-order valence-corrected chi connectivity index (χ2v) is 28.3. The number of Topliss-reactive ketones (excluding diaryl/α,β-unsaturated/α-hetero) is 1. The Hall–Kier alpha value is -7.52. The van der Waals surface area contributed by atoms with Gasteiger partial charge < -0.3 is 48.7 Å². The average molecular weight is 1520 g/mol. The van der Waals surface area contributed by atoms with E-state index < -0.39 is 88.1 Å². The molecule has 0 radical (unpaired) electrons. The lowest BCUT2D eigenvalue weighted by atomic mass is 9.83. The Morgan fingerprint density at radius 3 is 1.31 bits per heavy atom. The van der Waals surface area contributed by atoms with Crippen molar-refractivity contribution in [2.45, 2.75) is 178 Å². The SMILES string of the molecule is CC(C)CC(C(=O)O)n1cc(CCN2CC(C)C2)c(C(F)(F)F)cc1=O.CCOC(=O)C[C@H](CC(=O)C(CC(C)C)n1cc(CCN2CC(C)C2)c(C(F)(F)F)cc1=O)c1cc(-c2c(C)ccc(OC)c2C)cc(C)c1F.CCOC(=O)C[C@H](N)c1cc(-c2c(C)ccc(OC)c2C)cc(C)c1F.S.S. The zero-order valence-electron chi connectivity index (χ0n) is 63.1. The van der Waals surface area contributed by atoms with Crippen LogP contribution in [0.3, 0.4) is 0 Å². The van der Waals surface area contributed by atoms with E-state index in [-0.39, 0.29) is 119 Å². The number of benzene rings is 4. The molecule has 3 N–H and O–H groups in total. The number of alkyl halides is 6. The Balaban J connectivity index is 0.000000364. The normalized spacial score (nSPS) is 14.6. The Morgan fingerprint density at radius 1 is 0.562 bits per heavy atom. The number of carbonyl (C=O) groups excluding carboxylic acids is 3. The number of esters is 2. The Labute approximate surface area is 625 Å². The van der Waals surface area contributed by atoms with Crippen LogP contribution in [0, 0.1) is 76.8 Å². The number of hydrogen-bond acceptors (Lipinski definition) is 13. The molecule has 2 aliphatic heterocycles. The van der Waals surface area contributed by atoms with Crippen molar-refractivity contribution >= 4 is 50.7 Å². The molecule has 2 aromatic heterocycles. The zero-order valence-corrected chi connectivity index (χ0v) is 65.1. The van der Waals surface area contributed by atoms with Gasteiger partial charge in [0.2, 0.25) is 0 Å². The summed E-state index contributed by atoms with van der Waals surface area (Å²) >= 11 is 0. The number of aliphatic carboxylic acids is 1. The predicted molar refractivity (Wildman–Crippen MR) is 402 cm³/mol. The van der Waals surface area contributed by atoms with Gasteiger partial charge in [-0.3, -0.25) is 24.0 Å². The molecular formula is C79H105F8N5O11S2. The largest absolute Gasteiger partial charge is 0.496 e. The van der Waals surface area contributed by atoms with E-state index in [4.69, 9.17) is 24.7 Å². The maximum Gasteiger partial charge on any atom is 0.416 e. The van der Waals surface area contributed by atoms with Crippen molar-refractivity contribution in [2.75, 3.05) is 66.7 Å². The highest BCUT2D eigenvalue weighted by atomic mass is 32.1. The fourth-order valence-electron chi connectivity index (χ4n) is 13.8. The minimum absolute atomic E-state index is 0. The fourth-order valence-corrected chi connectivity index (χ4v) is 13.8. The third-order valence-electron chi connectivity index (χ3n) is 18.9. The summed E-state index contributed by atoms with van der Waals surface area (Å²) in [6.45, 7) is 30.4. The molecule has 0 amide bonds. The van der Waals surface area contributed by atoms with Gasteiger partial charge in [-0.15, -0.1) is 0 Å². The highest BCUT2D eigenvalue weighted by Gasteiger charge is 2.39. The molecule has 0 saturated carbocycles. The molecule has 26 heteroatoms. The van der Waals surface area contributed by atoms with Crippen molar-refractivity contribution in [1.82, 2.24) is 18.9 Å². The number of carboxylic acids is 1. The van der Waals surface area contributed by atoms with Gasteiger partial charge in [-0.25, -0.2) is 13.6 Å². The molecule has 0 bridgehead atoms. The number of aryl methyl sites for hydroxylation is 4. The van der Waals surface area contributed by atoms with Crippen LogP contribution in [0.25, 0.3) is 22.3 Å². The third kappa shape index (κ3) is 23.7. The lowest BCUT2D eigenvalue weighted by molar-refractivity contribution is -0.144. The maximum absolute atomic E-state index is 16.1. The van der Waals surface area contributed by atoms with E-state index in [2.05, 4.69) is 18.7 Å². The third-order valence-corrected chi connectivity index (χ3v) is 18.9. The van der Waals surface area contributed by atoms with Gasteiger partial charge in [0.05, 0.1) is 57.4 Å². The number of ether oxygens (including phenoxy) is 4. The van der Waals surface area contributed by atoms with Gasteiger partial charge in [-0.2, -0.15) is 53.3 Å². The number of carbonyl (C=O) groups is 4. The van der Waals surface area contributed by atoms with Crippen LogP contribution in [-0.4, -0.2) is 114 Å². The number of likely N-dealkylation sites (tertiary alicyclic amines) is 2. The molecule has 0 aliphatic carbocycles. The van der Waals surface area contributed by atoms with Crippen LogP contribution in [-0.2, 0) is 53.8 Å². The maximum atomic E-state index is 16.1. The minimum Gasteiger partial charge on any atom is -0.496 e. The predicted octanol–water partition coefficient (Wildman–Crippen LogP) is 16.0. The number of aromatic nitrogens is 2. The van der Waals surface area contributed by atoms with Crippen molar-refractivity contribution in [3.63, 3.8) is 0 Å². The Kier molecular flexibility index (Phi) is 33.7. The molecule has 2 saturated heterocycles. The first kappa shape index (κ1) is 89.9. The van der Waals surface area contributed by atoms with E-state index >= 15 is 4.39 Å². The van der Waals surface area contributed by atoms with E-state index in [9.17, 15) is 64.6 Å². The number of methoxy groups -OCH3 is 2. The molecule has 4 atom stereocenters. The number of halogens is 8. The van der Waals surface area contributed by atoms with Gasteiger partial charge in [-0.05, 0) is 213 Å². The van der Waals surface area contributed by atoms with E-state index in [0.717, 1.165) is 86.2 Å². The van der Waals surface area contributed by atoms with Gasteiger partial charge in [-0.1, -0.05) is 53.7 Å². The number of rotatable bonds is 28. The van der Waals surface area contributed by atoms with Crippen LogP contribution in [0.1, 0.15) is 178 Å². The van der Waals surface area contributed by atoms with Crippen LogP contribution in [0.4, 0.5) is 35.1 Å². The molecule has 0 spiro atoms. The molecule has 2 unspecified atom stereocenters. The summed E-state index contributed by atoms with van der Waals surface area (Å²) in [5.41, 5.74) is 10.5. The number of nitrogens with zero attached hydrogens (tertiary/aromatic N) is 4. The summed E-state index contributed by atoms with van der Waals surface area (Å²) in [4.78, 5) is 80.3. The van der Waals surface area contributed by atoms with E-state index in [0.29, 0.717) is 65.1 Å². The summed E-state index contributed by atoms with van der Waals surface area (Å²) in [6, 6.07) is 12.5. The lowest BCUT2D eigenvalue weighted by Gasteiger charge is -2.37. The van der Waals surface area contributed by atoms with Gasteiger partial charge in [0.25, 0.3) is 11.1 Å². The van der Waals surface area contributed by atoms with Crippen molar-refractivity contribution in [3.8, 4) is 33.8 Å². The molecule has 105 heavy (non-hydrogen) atoms. The van der Waals surface area contributed by atoms with Crippen LogP contribution in [0.5, 0.6) is 11.5 Å². The molecule has 6 aromatic rings. The van der Waals surface area contributed by atoms with Crippen LogP contribution in [0.15, 0.2) is 82.6 Å². The second-order valence-electron chi connectivity index (χ2n) is 28.3. The number of hydrogen-bond donors (Lipinski definition) is 2. The average Bonchev–Trinajstić information content (AvgIpc) is 0.799. The smallest absolute Gasteiger partial charge is 0.416 e.